The van der Waals surface area contributed by atoms with Gasteiger partial charge in [-0.25, -0.2) is 0 Å². The molecule has 0 saturated heterocycles. The first-order valence-corrected chi connectivity index (χ1v) is 8.01. The van der Waals surface area contributed by atoms with Crippen molar-refractivity contribution in [3.05, 3.63) is 65.2 Å². The predicted molar refractivity (Wildman–Crippen MR) is 90.8 cm³/mol. The first kappa shape index (κ1) is 19.5. The minimum Gasteiger partial charge on any atom is -0.481 e. The van der Waals surface area contributed by atoms with Crippen LogP contribution in [0.1, 0.15) is 29.5 Å². The van der Waals surface area contributed by atoms with Crippen LogP contribution in [-0.4, -0.2) is 17.0 Å². The van der Waals surface area contributed by atoms with Crippen molar-refractivity contribution in [2.24, 2.45) is 0 Å². The molecule has 2 aromatic rings. The van der Waals surface area contributed by atoms with Crippen molar-refractivity contribution < 1.29 is 27.9 Å². The number of carboxylic acids is 1. The van der Waals surface area contributed by atoms with Gasteiger partial charge in [-0.05, 0) is 42.2 Å². The highest BCUT2D eigenvalue weighted by molar-refractivity contribution is 5.90. The van der Waals surface area contributed by atoms with Gasteiger partial charge in [-0.3, -0.25) is 9.59 Å². The fourth-order valence-corrected chi connectivity index (χ4v) is 2.51. The summed E-state index contributed by atoms with van der Waals surface area (Å²) in [4.78, 5) is 22.7. The molecule has 1 amide bonds. The predicted octanol–water partition coefficient (Wildman–Crippen LogP) is 4.29. The van der Waals surface area contributed by atoms with Crippen molar-refractivity contribution in [3.8, 4) is 0 Å². The van der Waals surface area contributed by atoms with Gasteiger partial charge in [-0.15, -0.1) is 0 Å². The number of rotatable bonds is 7. The zero-order valence-corrected chi connectivity index (χ0v) is 13.8. The normalized spacial score (nSPS) is 11.2. The van der Waals surface area contributed by atoms with Gasteiger partial charge >= 0.3 is 12.1 Å². The largest absolute Gasteiger partial charge is 0.481 e. The Bertz CT molecular complexity index is 788. The second kappa shape index (κ2) is 8.51. The summed E-state index contributed by atoms with van der Waals surface area (Å²) in [5, 5.41) is 11.4. The quantitative estimate of drug-likeness (QED) is 0.769. The van der Waals surface area contributed by atoms with Crippen LogP contribution in [0.4, 0.5) is 18.9 Å². The highest BCUT2D eigenvalue weighted by Gasteiger charge is 2.30. The molecule has 2 rings (SSSR count). The maximum Gasteiger partial charge on any atom is 0.416 e. The van der Waals surface area contributed by atoms with Gasteiger partial charge < -0.3 is 10.4 Å². The van der Waals surface area contributed by atoms with Crippen molar-refractivity contribution in [1.29, 1.82) is 0 Å². The average Bonchev–Trinajstić information content (AvgIpc) is 2.54. The molecule has 0 atom stereocenters. The molecule has 0 saturated carbocycles. The van der Waals surface area contributed by atoms with Crippen LogP contribution in [0.5, 0.6) is 0 Å². The first-order valence-electron chi connectivity index (χ1n) is 8.01. The second-order valence-electron chi connectivity index (χ2n) is 5.87. The van der Waals surface area contributed by atoms with E-state index in [0.29, 0.717) is 29.7 Å². The van der Waals surface area contributed by atoms with E-state index >= 15 is 0 Å². The number of aryl methyl sites for hydroxylation is 1. The average molecular weight is 365 g/mol. The highest BCUT2D eigenvalue weighted by atomic mass is 19.4. The van der Waals surface area contributed by atoms with E-state index in [1.807, 2.05) is 0 Å². The van der Waals surface area contributed by atoms with E-state index in [1.54, 1.807) is 30.3 Å². The molecule has 0 heterocycles. The molecule has 0 spiro atoms. The van der Waals surface area contributed by atoms with Crippen molar-refractivity contribution in [3.63, 3.8) is 0 Å². The van der Waals surface area contributed by atoms with Crippen molar-refractivity contribution in [2.75, 3.05) is 5.32 Å². The van der Waals surface area contributed by atoms with Crippen LogP contribution in [0.25, 0.3) is 0 Å². The summed E-state index contributed by atoms with van der Waals surface area (Å²) >= 11 is 0. The molecule has 0 fully saturated rings. The topological polar surface area (TPSA) is 66.4 Å². The number of carbonyl (C=O) groups is 2. The SMILES string of the molecule is O=C(O)Cc1cccc(NC(=O)CCCc2cccc(C(F)(F)F)c2)c1. The van der Waals surface area contributed by atoms with Gasteiger partial charge in [0.1, 0.15) is 0 Å². The fourth-order valence-electron chi connectivity index (χ4n) is 2.51. The van der Waals surface area contributed by atoms with Crippen molar-refractivity contribution in [2.45, 2.75) is 31.9 Å². The molecule has 0 aliphatic rings. The number of alkyl halides is 3. The lowest BCUT2D eigenvalue weighted by molar-refractivity contribution is -0.138. The van der Waals surface area contributed by atoms with Gasteiger partial charge in [0.2, 0.25) is 5.91 Å². The third kappa shape index (κ3) is 6.23. The summed E-state index contributed by atoms with van der Waals surface area (Å²) in [5.41, 5.74) is 0.887. The molecular formula is C19H18F3NO3. The number of benzene rings is 2. The Hall–Kier alpha value is -2.83. The van der Waals surface area contributed by atoms with Crippen LogP contribution < -0.4 is 5.32 Å². The number of nitrogens with one attached hydrogen (secondary N) is 1. The highest BCUT2D eigenvalue weighted by Crippen LogP contribution is 2.29. The number of anilines is 1. The molecule has 2 aromatic carbocycles. The van der Waals surface area contributed by atoms with E-state index in [9.17, 15) is 22.8 Å². The van der Waals surface area contributed by atoms with Crippen LogP contribution in [0, 0.1) is 0 Å². The summed E-state index contributed by atoms with van der Waals surface area (Å²) in [6.45, 7) is 0. The standard InChI is InChI=1S/C19H18F3NO3/c20-19(21,22)15-7-1-4-13(10-15)5-3-9-17(24)23-16-8-2-6-14(11-16)12-18(25)26/h1-2,4,6-8,10-11H,3,5,9,12H2,(H,23,24)(H,25,26). The maximum absolute atomic E-state index is 12.7. The molecule has 0 aliphatic carbocycles. The van der Waals surface area contributed by atoms with E-state index in [0.717, 1.165) is 12.1 Å². The van der Waals surface area contributed by atoms with E-state index in [2.05, 4.69) is 5.32 Å². The number of halogens is 3. The lowest BCUT2D eigenvalue weighted by Gasteiger charge is -2.09. The van der Waals surface area contributed by atoms with Crippen LogP contribution in [-0.2, 0) is 28.6 Å². The molecule has 0 bridgehead atoms. The number of carboxylic acid groups (broad SMARTS) is 1. The zero-order valence-electron chi connectivity index (χ0n) is 13.8. The summed E-state index contributed by atoms with van der Waals surface area (Å²) in [7, 11) is 0. The summed E-state index contributed by atoms with van der Waals surface area (Å²) < 4.78 is 38.0. The Morgan fingerprint density at radius 3 is 2.38 bits per heavy atom. The Balaban J connectivity index is 1.85. The van der Waals surface area contributed by atoms with E-state index < -0.39 is 17.7 Å². The van der Waals surface area contributed by atoms with Gasteiger partial charge in [-0.2, -0.15) is 13.2 Å². The third-order valence-electron chi connectivity index (χ3n) is 3.69. The van der Waals surface area contributed by atoms with E-state index in [-0.39, 0.29) is 18.7 Å². The fraction of sp³-hybridized carbons (Fsp3) is 0.263. The Labute approximate surface area is 148 Å². The summed E-state index contributed by atoms with van der Waals surface area (Å²) in [6, 6.07) is 11.6. The minimum absolute atomic E-state index is 0.140. The molecule has 0 unspecified atom stereocenters. The lowest BCUT2D eigenvalue weighted by atomic mass is 10.0. The van der Waals surface area contributed by atoms with Crippen molar-refractivity contribution in [1.82, 2.24) is 0 Å². The molecule has 7 heteroatoms. The summed E-state index contributed by atoms with van der Waals surface area (Å²) in [5.74, 6) is -1.24. The van der Waals surface area contributed by atoms with E-state index in [1.165, 1.54) is 6.07 Å². The number of hydrogen-bond acceptors (Lipinski definition) is 2. The van der Waals surface area contributed by atoms with Crippen molar-refractivity contribution >= 4 is 17.6 Å². The van der Waals surface area contributed by atoms with Crippen LogP contribution in [0.15, 0.2) is 48.5 Å². The van der Waals surface area contributed by atoms with Crippen LogP contribution in [0.3, 0.4) is 0 Å². The molecule has 138 valence electrons. The van der Waals surface area contributed by atoms with Gasteiger partial charge in [-0.1, -0.05) is 30.3 Å². The number of carbonyl (C=O) groups excluding carboxylic acids is 1. The van der Waals surface area contributed by atoms with Gasteiger partial charge in [0.05, 0.1) is 12.0 Å². The maximum atomic E-state index is 12.7. The van der Waals surface area contributed by atoms with E-state index in [4.69, 9.17) is 5.11 Å². The van der Waals surface area contributed by atoms with Gasteiger partial charge in [0.25, 0.3) is 0 Å². The van der Waals surface area contributed by atoms with Crippen LogP contribution >= 0.6 is 0 Å². The molecule has 2 N–H and O–H groups in total. The Morgan fingerprint density at radius 2 is 1.69 bits per heavy atom. The number of hydrogen-bond donors (Lipinski definition) is 2. The number of amides is 1. The van der Waals surface area contributed by atoms with Gasteiger partial charge in [0, 0.05) is 12.1 Å². The monoisotopic (exact) mass is 365 g/mol. The molecule has 0 aliphatic heterocycles. The Morgan fingerprint density at radius 1 is 1.00 bits per heavy atom. The number of aliphatic carboxylic acids is 1. The summed E-state index contributed by atoms with van der Waals surface area (Å²) in [6.07, 6.45) is -3.61. The Kier molecular flexibility index (Phi) is 6.38. The van der Waals surface area contributed by atoms with Gasteiger partial charge in [0.15, 0.2) is 0 Å². The third-order valence-corrected chi connectivity index (χ3v) is 3.69. The molecule has 0 aromatic heterocycles. The molecular weight excluding hydrogens is 347 g/mol. The lowest BCUT2D eigenvalue weighted by Crippen LogP contribution is -2.12. The molecule has 0 radical (unpaired) electrons. The zero-order chi connectivity index (χ0) is 19.2. The van der Waals surface area contributed by atoms with Crippen LogP contribution in [0.2, 0.25) is 0 Å². The molecule has 4 nitrogen and oxygen atoms in total. The minimum atomic E-state index is -4.38. The molecule has 26 heavy (non-hydrogen) atoms. The second-order valence-corrected chi connectivity index (χ2v) is 5.87. The first-order chi connectivity index (χ1) is 12.2. The smallest absolute Gasteiger partial charge is 0.416 e.